The van der Waals surface area contributed by atoms with Crippen LogP contribution in [0.25, 0.3) is 17.1 Å². The molecule has 0 amide bonds. The highest BCUT2D eigenvalue weighted by Gasteiger charge is 2.19. The Morgan fingerprint density at radius 1 is 1.32 bits per heavy atom. The van der Waals surface area contributed by atoms with Crippen LogP contribution < -0.4 is 5.32 Å². The standard InChI is InChI=1S/C24H31FN6/c1-7-26-23-21(17(4)30(8-2)9-3)28-22(29-23)19-14-27-31(16-19)15-18-11-10-12-20(13-18)24(5,6)25/h7,10-14,16,26H,1,4,8-9,15H2,2-3,5-6H3,(H,28,29). The number of aromatic amines is 1. The van der Waals surface area contributed by atoms with Crippen molar-refractivity contribution in [1.82, 2.24) is 24.6 Å². The number of aromatic nitrogens is 4. The molecule has 0 fully saturated rings. The second kappa shape index (κ2) is 9.20. The summed E-state index contributed by atoms with van der Waals surface area (Å²) in [6.45, 7) is 17.5. The zero-order chi connectivity index (χ0) is 22.6. The maximum Gasteiger partial charge on any atom is 0.158 e. The number of anilines is 1. The first kappa shape index (κ1) is 22.3. The van der Waals surface area contributed by atoms with E-state index in [0.29, 0.717) is 23.8 Å². The van der Waals surface area contributed by atoms with Gasteiger partial charge in [-0.3, -0.25) is 4.68 Å². The molecule has 3 rings (SSSR count). The summed E-state index contributed by atoms with van der Waals surface area (Å²) >= 11 is 0. The molecule has 2 aromatic heterocycles. The molecule has 2 heterocycles. The lowest BCUT2D eigenvalue weighted by Gasteiger charge is -2.23. The molecule has 3 aromatic rings. The van der Waals surface area contributed by atoms with E-state index in [9.17, 15) is 4.39 Å². The lowest BCUT2D eigenvalue weighted by molar-refractivity contribution is 0.221. The smallest absolute Gasteiger partial charge is 0.158 e. The van der Waals surface area contributed by atoms with E-state index in [1.165, 1.54) is 0 Å². The van der Waals surface area contributed by atoms with Gasteiger partial charge < -0.3 is 15.2 Å². The molecule has 2 N–H and O–H groups in total. The lowest BCUT2D eigenvalue weighted by atomic mass is 9.98. The monoisotopic (exact) mass is 422 g/mol. The van der Waals surface area contributed by atoms with Gasteiger partial charge in [-0.1, -0.05) is 37.4 Å². The number of hydrogen-bond acceptors (Lipinski definition) is 4. The largest absolute Gasteiger partial charge is 0.371 e. The van der Waals surface area contributed by atoms with Crippen LogP contribution in [0.5, 0.6) is 0 Å². The minimum atomic E-state index is -1.38. The first-order valence-corrected chi connectivity index (χ1v) is 10.5. The van der Waals surface area contributed by atoms with Crippen molar-refractivity contribution in [3.63, 3.8) is 0 Å². The molecule has 1 aromatic carbocycles. The topological polar surface area (TPSA) is 61.8 Å². The summed E-state index contributed by atoms with van der Waals surface area (Å²) in [5.41, 5.74) is 2.81. The third kappa shape index (κ3) is 5.05. The van der Waals surface area contributed by atoms with Gasteiger partial charge in [0, 0.05) is 19.3 Å². The van der Waals surface area contributed by atoms with E-state index in [-0.39, 0.29) is 0 Å². The Morgan fingerprint density at radius 3 is 2.71 bits per heavy atom. The molecule has 0 aliphatic heterocycles. The van der Waals surface area contributed by atoms with Crippen molar-refractivity contribution < 1.29 is 4.39 Å². The SMILES string of the molecule is C=CNc1nc(-c2cnn(Cc3cccc(C(C)(C)F)c3)c2)[nH]c1C(=C)N(CC)CC. The van der Waals surface area contributed by atoms with Gasteiger partial charge in [0.1, 0.15) is 17.2 Å². The minimum absolute atomic E-state index is 0.543. The quantitative estimate of drug-likeness (QED) is 0.460. The molecule has 0 atom stereocenters. The van der Waals surface area contributed by atoms with Crippen molar-refractivity contribution in [3.05, 3.63) is 72.8 Å². The molecule has 164 valence electrons. The van der Waals surface area contributed by atoms with E-state index < -0.39 is 5.67 Å². The van der Waals surface area contributed by atoms with Crippen LogP contribution in [0.2, 0.25) is 0 Å². The van der Waals surface area contributed by atoms with Gasteiger partial charge in [-0.2, -0.15) is 5.10 Å². The molecule has 6 nitrogen and oxygen atoms in total. The van der Waals surface area contributed by atoms with Gasteiger partial charge in [0.05, 0.1) is 24.0 Å². The van der Waals surface area contributed by atoms with E-state index in [1.807, 2.05) is 29.1 Å². The van der Waals surface area contributed by atoms with E-state index in [0.717, 1.165) is 35.6 Å². The summed E-state index contributed by atoms with van der Waals surface area (Å²) in [6, 6.07) is 7.54. The van der Waals surface area contributed by atoms with Crippen LogP contribution in [0.4, 0.5) is 10.2 Å². The average molecular weight is 423 g/mol. The zero-order valence-corrected chi connectivity index (χ0v) is 18.7. The van der Waals surface area contributed by atoms with Crippen molar-refractivity contribution in [3.8, 4) is 11.4 Å². The molecule has 0 unspecified atom stereocenters. The van der Waals surface area contributed by atoms with Gasteiger partial charge in [0.2, 0.25) is 0 Å². The van der Waals surface area contributed by atoms with Gasteiger partial charge in [0.25, 0.3) is 0 Å². The number of benzene rings is 1. The predicted molar refractivity (Wildman–Crippen MR) is 125 cm³/mol. The lowest BCUT2D eigenvalue weighted by Crippen LogP contribution is -2.21. The maximum absolute atomic E-state index is 14.3. The second-order valence-electron chi connectivity index (χ2n) is 7.88. The molecule has 0 radical (unpaired) electrons. The van der Waals surface area contributed by atoms with Crippen molar-refractivity contribution >= 4 is 11.5 Å². The third-order valence-electron chi connectivity index (χ3n) is 5.24. The fraction of sp³-hybridized carbons (Fsp3) is 0.333. The number of hydrogen-bond donors (Lipinski definition) is 2. The molecular formula is C24H31FN6. The van der Waals surface area contributed by atoms with Crippen LogP contribution in [0.15, 0.2) is 56.0 Å². The van der Waals surface area contributed by atoms with Gasteiger partial charge in [0.15, 0.2) is 5.82 Å². The number of alkyl halides is 1. The summed E-state index contributed by atoms with van der Waals surface area (Å²) in [6.07, 6.45) is 5.29. The first-order chi connectivity index (χ1) is 14.8. The molecular weight excluding hydrogens is 391 g/mol. The average Bonchev–Trinajstić information content (AvgIpc) is 3.36. The van der Waals surface area contributed by atoms with Crippen LogP contribution in [0, 0.1) is 0 Å². The second-order valence-corrected chi connectivity index (χ2v) is 7.88. The summed E-state index contributed by atoms with van der Waals surface area (Å²) in [5.74, 6) is 1.37. The van der Waals surface area contributed by atoms with Gasteiger partial charge in [-0.15, -0.1) is 0 Å². The molecule has 0 saturated heterocycles. The number of rotatable bonds is 10. The molecule has 0 aliphatic carbocycles. The molecule has 0 saturated carbocycles. The predicted octanol–water partition coefficient (Wildman–Crippen LogP) is 5.39. The van der Waals surface area contributed by atoms with Crippen molar-refractivity contribution in [2.24, 2.45) is 0 Å². The number of nitrogens with zero attached hydrogens (tertiary/aromatic N) is 4. The minimum Gasteiger partial charge on any atom is -0.371 e. The van der Waals surface area contributed by atoms with Crippen LogP contribution in [-0.4, -0.2) is 37.7 Å². The van der Waals surface area contributed by atoms with E-state index >= 15 is 0 Å². The number of nitrogens with one attached hydrogen (secondary N) is 2. The Balaban J connectivity index is 1.86. The molecule has 31 heavy (non-hydrogen) atoms. The Morgan fingerprint density at radius 2 is 2.06 bits per heavy atom. The molecule has 0 aliphatic rings. The van der Waals surface area contributed by atoms with Crippen LogP contribution in [-0.2, 0) is 12.2 Å². The highest BCUT2D eigenvalue weighted by Crippen LogP contribution is 2.28. The fourth-order valence-electron chi connectivity index (χ4n) is 3.48. The van der Waals surface area contributed by atoms with E-state index in [4.69, 9.17) is 0 Å². The van der Waals surface area contributed by atoms with Crippen molar-refractivity contribution in [2.75, 3.05) is 18.4 Å². The third-order valence-corrected chi connectivity index (χ3v) is 5.24. The van der Waals surface area contributed by atoms with E-state index in [2.05, 4.69) is 52.3 Å². The fourth-order valence-corrected chi connectivity index (χ4v) is 3.48. The van der Waals surface area contributed by atoms with Crippen LogP contribution >= 0.6 is 0 Å². The van der Waals surface area contributed by atoms with Gasteiger partial charge in [-0.05, 0) is 45.0 Å². The first-order valence-electron chi connectivity index (χ1n) is 10.5. The van der Waals surface area contributed by atoms with Crippen LogP contribution in [0.3, 0.4) is 0 Å². The Bertz CT molecular complexity index is 1050. The number of imidazole rings is 1. The Labute approximate surface area is 183 Å². The summed E-state index contributed by atoms with van der Waals surface area (Å²) < 4.78 is 16.1. The summed E-state index contributed by atoms with van der Waals surface area (Å²) in [7, 11) is 0. The highest BCUT2D eigenvalue weighted by molar-refractivity contribution is 5.73. The zero-order valence-electron chi connectivity index (χ0n) is 18.7. The summed E-state index contributed by atoms with van der Waals surface area (Å²) in [5, 5.41) is 7.55. The maximum atomic E-state index is 14.3. The van der Waals surface area contributed by atoms with Crippen molar-refractivity contribution in [2.45, 2.75) is 39.9 Å². The Kier molecular flexibility index (Phi) is 6.63. The summed E-state index contributed by atoms with van der Waals surface area (Å²) in [4.78, 5) is 10.2. The molecule has 7 heteroatoms. The van der Waals surface area contributed by atoms with Gasteiger partial charge >= 0.3 is 0 Å². The molecule has 0 bridgehead atoms. The number of H-pyrrole nitrogens is 1. The van der Waals surface area contributed by atoms with Crippen LogP contribution in [0.1, 0.15) is 44.5 Å². The highest BCUT2D eigenvalue weighted by atomic mass is 19.1. The van der Waals surface area contributed by atoms with E-state index in [1.54, 1.807) is 32.3 Å². The van der Waals surface area contributed by atoms with Gasteiger partial charge in [-0.25, -0.2) is 9.37 Å². The molecule has 0 spiro atoms. The number of halogens is 1. The normalized spacial score (nSPS) is 11.4. The Hall–Kier alpha value is -3.35. The van der Waals surface area contributed by atoms with Crippen molar-refractivity contribution in [1.29, 1.82) is 0 Å².